The highest BCUT2D eigenvalue weighted by Crippen LogP contribution is 2.29. The number of benzene rings is 2. The quantitative estimate of drug-likeness (QED) is 0.573. The van der Waals surface area contributed by atoms with Crippen LogP contribution in [0.1, 0.15) is 41.0 Å². The summed E-state index contributed by atoms with van der Waals surface area (Å²) in [7, 11) is 3.14. The number of amides is 3. The zero-order valence-electron chi connectivity index (χ0n) is 22.7. The number of ether oxygens (including phenoxy) is 2. The minimum atomic E-state index is -0.643. The highest BCUT2D eigenvalue weighted by molar-refractivity contribution is 5.99. The zero-order chi connectivity index (χ0) is 27.2. The first-order valence-corrected chi connectivity index (χ1v) is 13.2. The van der Waals surface area contributed by atoms with Gasteiger partial charge in [0.1, 0.15) is 17.5 Å². The molecule has 2 saturated heterocycles. The van der Waals surface area contributed by atoms with Gasteiger partial charge in [0.05, 0.1) is 20.3 Å². The van der Waals surface area contributed by atoms with Crippen LogP contribution in [-0.4, -0.2) is 98.0 Å². The van der Waals surface area contributed by atoms with E-state index >= 15 is 0 Å². The van der Waals surface area contributed by atoms with Gasteiger partial charge in [-0.25, -0.2) is 0 Å². The predicted molar refractivity (Wildman–Crippen MR) is 145 cm³/mol. The van der Waals surface area contributed by atoms with E-state index in [-0.39, 0.29) is 36.2 Å². The van der Waals surface area contributed by atoms with E-state index in [1.807, 2.05) is 9.80 Å². The molecule has 0 radical (unpaired) electrons. The van der Waals surface area contributed by atoms with Crippen molar-refractivity contribution in [3.8, 4) is 11.5 Å². The minimum Gasteiger partial charge on any atom is -0.497 e. The summed E-state index contributed by atoms with van der Waals surface area (Å²) in [6, 6.07) is 13.1. The van der Waals surface area contributed by atoms with Crippen LogP contribution >= 0.6 is 0 Å². The first-order valence-electron chi connectivity index (χ1n) is 13.2. The van der Waals surface area contributed by atoms with E-state index in [0.29, 0.717) is 48.7 Å². The molecule has 4 rings (SSSR count). The molecule has 2 unspecified atom stereocenters. The van der Waals surface area contributed by atoms with Crippen LogP contribution in [0.3, 0.4) is 0 Å². The van der Waals surface area contributed by atoms with E-state index in [2.05, 4.69) is 19.2 Å². The summed E-state index contributed by atoms with van der Waals surface area (Å²) in [6.07, 6.45) is 0.396. The number of piperazine rings is 1. The molecule has 0 aliphatic carbocycles. The molecular weight excluding hydrogens is 484 g/mol. The Hall–Kier alpha value is -3.59. The molecule has 9 nitrogen and oxygen atoms in total. The van der Waals surface area contributed by atoms with Crippen molar-refractivity contribution in [3.63, 3.8) is 0 Å². The molecule has 0 spiro atoms. The molecule has 204 valence electrons. The van der Waals surface area contributed by atoms with E-state index in [4.69, 9.17) is 9.47 Å². The number of hydrogen-bond donors (Lipinski definition) is 1. The first-order chi connectivity index (χ1) is 18.3. The molecule has 2 aliphatic heterocycles. The number of carbonyl (C=O) groups excluding carboxylic acids is 3. The fraction of sp³-hybridized carbons (Fsp3) is 0.483. The molecular formula is C29H38N4O5. The second-order valence-corrected chi connectivity index (χ2v) is 10.2. The van der Waals surface area contributed by atoms with Crippen LogP contribution in [0.5, 0.6) is 11.5 Å². The molecule has 0 aromatic heterocycles. The van der Waals surface area contributed by atoms with Crippen molar-refractivity contribution >= 4 is 17.7 Å². The Labute approximate surface area is 224 Å². The maximum absolute atomic E-state index is 13.8. The van der Waals surface area contributed by atoms with Gasteiger partial charge in [0.2, 0.25) is 5.91 Å². The molecule has 38 heavy (non-hydrogen) atoms. The lowest BCUT2D eigenvalue weighted by atomic mass is 10.1. The third-order valence-electron chi connectivity index (χ3n) is 7.17. The van der Waals surface area contributed by atoms with Gasteiger partial charge in [-0.15, -0.1) is 0 Å². The van der Waals surface area contributed by atoms with Gasteiger partial charge in [-0.3, -0.25) is 14.4 Å². The van der Waals surface area contributed by atoms with Gasteiger partial charge >= 0.3 is 0 Å². The number of carbonyl (C=O) groups is 3. The summed E-state index contributed by atoms with van der Waals surface area (Å²) in [4.78, 5) is 46.6. The average molecular weight is 523 g/mol. The van der Waals surface area contributed by atoms with Gasteiger partial charge in [0, 0.05) is 50.4 Å². The summed E-state index contributed by atoms with van der Waals surface area (Å²) in [5, 5.41) is 3.27. The predicted octanol–water partition coefficient (Wildman–Crippen LogP) is 2.52. The third kappa shape index (κ3) is 6.10. The van der Waals surface area contributed by atoms with Crippen molar-refractivity contribution in [2.45, 2.75) is 32.4 Å². The van der Waals surface area contributed by atoms with Crippen LogP contribution < -0.4 is 14.8 Å². The van der Waals surface area contributed by atoms with Gasteiger partial charge in [-0.05, 0) is 54.8 Å². The molecule has 3 amide bonds. The number of nitrogens with one attached hydrogen (secondary N) is 1. The summed E-state index contributed by atoms with van der Waals surface area (Å²) in [6.45, 7) is 7.57. The maximum Gasteiger partial charge on any atom is 0.254 e. The van der Waals surface area contributed by atoms with Crippen molar-refractivity contribution in [1.29, 1.82) is 0 Å². The number of likely N-dealkylation sites (tertiary alicyclic amines) is 1. The lowest BCUT2D eigenvalue weighted by Gasteiger charge is -2.32. The van der Waals surface area contributed by atoms with Gasteiger partial charge in [0.25, 0.3) is 11.8 Å². The normalized spacial score (nSPS) is 19.4. The van der Waals surface area contributed by atoms with Crippen molar-refractivity contribution in [1.82, 2.24) is 20.0 Å². The summed E-state index contributed by atoms with van der Waals surface area (Å²) in [5.41, 5.74) is 1.01. The van der Waals surface area contributed by atoms with Crippen LogP contribution in [0.15, 0.2) is 48.5 Å². The molecule has 1 N–H and O–H groups in total. The van der Waals surface area contributed by atoms with Gasteiger partial charge in [-0.1, -0.05) is 19.9 Å². The molecule has 2 heterocycles. The average Bonchev–Trinajstić information content (AvgIpc) is 3.40. The van der Waals surface area contributed by atoms with E-state index in [1.165, 1.54) is 0 Å². The lowest BCUT2D eigenvalue weighted by molar-refractivity contribution is -0.135. The standard InChI is InChI=1S/C29H38N4O5/c1-20(2)18-32(27(34)21-8-10-24(37-3)11-9-21)23-17-26(29(36)31-14-12-30-13-15-31)33(19-23)28(35)22-6-5-7-25(16-22)38-4/h5-11,16,20,23,26,30H,12-15,17-19H2,1-4H3. The molecule has 2 aliphatic rings. The van der Waals surface area contributed by atoms with Gasteiger partial charge in [-0.2, -0.15) is 0 Å². The van der Waals surface area contributed by atoms with Crippen molar-refractivity contribution in [2.75, 3.05) is 53.5 Å². The van der Waals surface area contributed by atoms with Crippen LogP contribution in [0, 0.1) is 5.92 Å². The summed E-state index contributed by atoms with van der Waals surface area (Å²) < 4.78 is 10.6. The molecule has 2 aromatic carbocycles. The molecule has 2 atom stereocenters. The Morgan fingerprint density at radius 2 is 1.66 bits per heavy atom. The maximum atomic E-state index is 13.8. The van der Waals surface area contributed by atoms with Gasteiger partial charge in [0.15, 0.2) is 0 Å². The van der Waals surface area contributed by atoms with Crippen LogP contribution in [0.2, 0.25) is 0 Å². The Bertz CT molecular complexity index is 1130. The fourth-order valence-corrected chi connectivity index (χ4v) is 5.21. The number of rotatable bonds is 8. The van der Waals surface area contributed by atoms with Crippen LogP contribution in [-0.2, 0) is 4.79 Å². The van der Waals surface area contributed by atoms with Crippen molar-refractivity contribution in [3.05, 3.63) is 59.7 Å². The van der Waals surface area contributed by atoms with Crippen molar-refractivity contribution < 1.29 is 23.9 Å². The highest BCUT2D eigenvalue weighted by atomic mass is 16.5. The summed E-state index contributed by atoms with van der Waals surface area (Å²) >= 11 is 0. The van der Waals surface area contributed by atoms with E-state index in [0.717, 1.165) is 13.1 Å². The SMILES string of the molecule is COc1ccc(C(=O)N(CC(C)C)C2CC(C(=O)N3CCNCC3)N(C(=O)c3cccc(OC)c3)C2)cc1. The summed E-state index contributed by atoms with van der Waals surface area (Å²) in [5.74, 6) is 1.05. The first kappa shape index (κ1) is 27.4. The van der Waals surface area contributed by atoms with Gasteiger partial charge < -0.3 is 29.5 Å². The Kier molecular flexibility index (Phi) is 8.89. The lowest BCUT2D eigenvalue weighted by Crippen LogP contribution is -2.53. The third-order valence-corrected chi connectivity index (χ3v) is 7.17. The molecule has 0 saturated carbocycles. The zero-order valence-corrected chi connectivity index (χ0v) is 22.7. The topological polar surface area (TPSA) is 91.4 Å². The number of hydrogen-bond acceptors (Lipinski definition) is 6. The van der Waals surface area contributed by atoms with E-state index < -0.39 is 6.04 Å². The molecule has 0 bridgehead atoms. The van der Waals surface area contributed by atoms with Crippen molar-refractivity contribution in [2.24, 2.45) is 5.92 Å². The molecule has 2 aromatic rings. The second kappa shape index (κ2) is 12.3. The smallest absolute Gasteiger partial charge is 0.254 e. The van der Waals surface area contributed by atoms with Crippen LogP contribution in [0.25, 0.3) is 0 Å². The minimum absolute atomic E-state index is 0.0633. The Balaban J connectivity index is 1.65. The monoisotopic (exact) mass is 522 g/mol. The fourth-order valence-electron chi connectivity index (χ4n) is 5.21. The Morgan fingerprint density at radius 3 is 2.29 bits per heavy atom. The number of methoxy groups -OCH3 is 2. The van der Waals surface area contributed by atoms with E-state index in [1.54, 1.807) is 67.7 Å². The highest BCUT2D eigenvalue weighted by Gasteiger charge is 2.45. The number of nitrogens with zero attached hydrogens (tertiary/aromatic N) is 3. The Morgan fingerprint density at radius 1 is 0.974 bits per heavy atom. The second-order valence-electron chi connectivity index (χ2n) is 10.2. The van der Waals surface area contributed by atoms with Crippen LogP contribution in [0.4, 0.5) is 0 Å². The molecule has 9 heteroatoms. The largest absolute Gasteiger partial charge is 0.497 e. The van der Waals surface area contributed by atoms with E-state index in [9.17, 15) is 14.4 Å². The molecule has 2 fully saturated rings.